The van der Waals surface area contributed by atoms with Crippen molar-refractivity contribution in [3.05, 3.63) is 61.4 Å². The zero-order valence-corrected chi connectivity index (χ0v) is 13.8. The maximum absolute atomic E-state index is 13.0. The number of anilines is 1. The lowest BCUT2D eigenvalue weighted by molar-refractivity contribution is 0.102. The highest BCUT2D eigenvalue weighted by molar-refractivity contribution is 6.09. The predicted molar refractivity (Wildman–Crippen MR) is 90.1 cm³/mol. The van der Waals surface area contributed by atoms with Crippen molar-refractivity contribution >= 4 is 11.5 Å². The number of hydrogen-bond acceptors (Lipinski definition) is 4. The molecule has 1 heterocycles. The third-order valence-electron chi connectivity index (χ3n) is 3.71. The molecule has 1 aromatic heterocycles. The number of aryl methyl sites for hydroxylation is 1. The average molecular weight is 315 g/mol. The fourth-order valence-corrected chi connectivity index (χ4v) is 2.75. The summed E-state index contributed by atoms with van der Waals surface area (Å²) in [5, 5.41) is 0. The first-order chi connectivity index (χ1) is 10.8. The Hall–Kier alpha value is -2.63. The predicted octanol–water partition coefficient (Wildman–Crippen LogP) is 1.80. The zero-order valence-electron chi connectivity index (χ0n) is 13.8. The molecular weight excluding hydrogens is 294 g/mol. The molecule has 23 heavy (non-hydrogen) atoms. The quantitative estimate of drug-likeness (QED) is 0.664. The lowest BCUT2D eigenvalue weighted by Gasteiger charge is -2.16. The lowest BCUT2D eigenvalue weighted by atomic mass is 9.96. The molecule has 0 bridgehead atoms. The van der Waals surface area contributed by atoms with E-state index in [2.05, 4.69) is 4.98 Å². The summed E-state index contributed by atoms with van der Waals surface area (Å²) < 4.78 is 1.30. The Balaban J connectivity index is 2.82. The molecule has 0 aliphatic carbocycles. The molecule has 2 rings (SSSR count). The zero-order chi connectivity index (χ0) is 17.3. The molecule has 6 nitrogen and oxygen atoms in total. The van der Waals surface area contributed by atoms with Gasteiger partial charge in [0.15, 0.2) is 0 Å². The van der Waals surface area contributed by atoms with Crippen molar-refractivity contribution < 1.29 is 4.79 Å². The van der Waals surface area contributed by atoms with Crippen LogP contribution in [-0.2, 0) is 6.54 Å². The van der Waals surface area contributed by atoms with E-state index < -0.39 is 11.2 Å². The highest BCUT2D eigenvalue weighted by Crippen LogP contribution is 2.20. The standard InChI is InChI=1S/C17H21N3O3/c1-5-20-14(13(9(2)3)16(22)19-17(20)23)15(21)11-6-10(4)7-12(18)8-11/h6-9H,5,18H2,1-4H3,(H,19,22,23). The number of aromatic nitrogens is 2. The lowest BCUT2D eigenvalue weighted by Crippen LogP contribution is -2.37. The molecule has 0 aliphatic heterocycles. The minimum absolute atomic E-state index is 0.140. The van der Waals surface area contributed by atoms with Gasteiger partial charge >= 0.3 is 5.69 Å². The van der Waals surface area contributed by atoms with Crippen molar-refractivity contribution in [2.24, 2.45) is 0 Å². The van der Waals surface area contributed by atoms with E-state index in [1.165, 1.54) is 4.57 Å². The smallest absolute Gasteiger partial charge is 0.328 e. The molecule has 122 valence electrons. The van der Waals surface area contributed by atoms with Gasteiger partial charge in [-0.3, -0.25) is 19.1 Å². The summed E-state index contributed by atoms with van der Waals surface area (Å²) in [6, 6.07) is 5.02. The number of rotatable bonds is 4. The van der Waals surface area contributed by atoms with Gasteiger partial charge in [-0.05, 0) is 43.5 Å². The maximum Gasteiger partial charge on any atom is 0.328 e. The minimum atomic E-state index is -0.578. The molecule has 1 aromatic carbocycles. The van der Waals surface area contributed by atoms with Crippen LogP contribution >= 0.6 is 0 Å². The summed E-state index contributed by atoms with van der Waals surface area (Å²) in [5.74, 6) is -0.563. The maximum atomic E-state index is 13.0. The average Bonchev–Trinajstić information content (AvgIpc) is 2.44. The number of nitrogens with zero attached hydrogens (tertiary/aromatic N) is 1. The van der Waals surface area contributed by atoms with Crippen LogP contribution in [0.3, 0.4) is 0 Å². The Labute approximate surface area is 134 Å². The summed E-state index contributed by atoms with van der Waals surface area (Å²) in [6.07, 6.45) is 0. The molecule has 0 radical (unpaired) electrons. The molecule has 6 heteroatoms. The Morgan fingerprint density at radius 2 is 1.91 bits per heavy atom. The van der Waals surface area contributed by atoms with Crippen molar-refractivity contribution in [2.75, 3.05) is 5.73 Å². The van der Waals surface area contributed by atoms with Crippen molar-refractivity contribution in [1.82, 2.24) is 9.55 Å². The number of hydrogen-bond donors (Lipinski definition) is 2. The van der Waals surface area contributed by atoms with Gasteiger partial charge in [0.25, 0.3) is 5.56 Å². The number of carbonyl (C=O) groups is 1. The first kappa shape index (κ1) is 16.7. The second-order valence-electron chi connectivity index (χ2n) is 5.88. The van der Waals surface area contributed by atoms with Crippen molar-refractivity contribution in [3.63, 3.8) is 0 Å². The van der Waals surface area contributed by atoms with Crippen molar-refractivity contribution in [2.45, 2.75) is 40.2 Å². The number of H-pyrrole nitrogens is 1. The molecular formula is C17H21N3O3. The van der Waals surface area contributed by atoms with E-state index in [0.717, 1.165) is 5.56 Å². The normalized spacial score (nSPS) is 11.0. The van der Waals surface area contributed by atoms with Gasteiger partial charge in [0.2, 0.25) is 5.78 Å². The monoisotopic (exact) mass is 315 g/mol. The topological polar surface area (TPSA) is 97.9 Å². The first-order valence-corrected chi connectivity index (χ1v) is 7.55. The van der Waals surface area contributed by atoms with Gasteiger partial charge in [-0.25, -0.2) is 4.79 Å². The number of nitrogens with one attached hydrogen (secondary N) is 1. The van der Waals surface area contributed by atoms with Crippen LogP contribution in [0, 0.1) is 6.92 Å². The summed E-state index contributed by atoms with van der Waals surface area (Å²) in [7, 11) is 0. The molecule has 0 aliphatic rings. The highest BCUT2D eigenvalue weighted by Gasteiger charge is 2.24. The largest absolute Gasteiger partial charge is 0.399 e. The van der Waals surface area contributed by atoms with Crippen LogP contribution < -0.4 is 17.0 Å². The molecule has 0 fully saturated rings. The summed E-state index contributed by atoms with van der Waals surface area (Å²) >= 11 is 0. The van der Waals surface area contributed by atoms with Gasteiger partial charge in [-0.2, -0.15) is 0 Å². The third-order valence-corrected chi connectivity index (χ3v) is 3.71. The van der Waals surface area contributed by atoms with Gasteiger partial charge in [-0.1, -0.05) is 13.8 Å². The second-order valence-corrected chi connectivity index (χ2v) is 5.88. The Kier molecular flexibility index (Phi) is 4.54. The molecule has 0 saturated heterocycles. The number of nitrogen functional groups attached to an aromatic ring is 1. The second kappa shape index (κ2) is 6.24. The van der Waals surface area contributed by atoms with Crippen LogP contribution in [0.15, 0.2) is 27.8 Å². The highest BCUT2D eigenvalue weighted by atomic mass is 16.2. The summed E-state index contributed by atoms with van der Waals surface area (Å²) in [6.45, 7) is 7.51. The SMILES string of the molecule is CCn1c(C(=O)c2cc(C)cc(N)c2)c(C(C)C)c(=O)[nH]c1=O. The van der Waals surface area contributed by atoms with Crippen LogP contribution in [0.5, 0.6) is 0 Å². The van der Waals surface area contributed by atoms with Crippen LogP contribution in [0.4, 0.5) is 5.69 Å². The number of ketones is 1. The molecule has 0 atom stereocenters. The van der Waals surface area contributed by atoms with E-state index in [0.29, 0.717) is 16.8 Å². The molecule has 0 unspecified atom stereocenters. The Morgan fingerprint density at radius 3 is 2.43 bits per heavy atom. The van der Waals surface area contributed by atoms with Crippen LogP contribution in [0.25, 0.3) is 0 Å². The van der Waals surface area contributed by atoms with Gasteiger partial charge < -0.3 is 5.73 Å². The fraction of sp³-hybridized carbons (Fsp3) is 0.353. The Bertz CT molecular complexity index is 855. The molecule has 3 N–H and O–H groups in total. The van der Waals surface area contributed by atoms with Gasteiger partial charge in [-0.15, -0.1) is 0 Å². The van der Waals surface area contributed by atoms with Crippen LogP contribution in [0.1, 0.15) is 53.9 Å². The van der Waals surface area contributed by atoms with E-state index in [4.69, 9.17) is 5.73 Å². The molecule has 2 aromatic rings. The van der Waals surface area contributed by atoms with Gasteiger partial charge in [0, 0.05) is 23.4 Å². The minimum Gasteiger partial charge on any atom is -0.399 e. The number of benzene rings is 1. The summed E-state index contributed by atoms with van der Waals surface area (Å²) in [4.78, 5) is 39.5. The number of nitrogens with two attached hydrogens (primary N) is 1. The van der Waals surface area contributed by atoms with E-state index in [-0.39, 0.29) is 23.9 Å². The third kappa shape index (κ3) is 3.11. The molecule has 0 amide bonds. The number of carbonyl (C=O) groups excluding carboxylic acids is 1. The Morgan fingerprint density at radius 1 is 1.26 bits per heavy atom. The van der Waals surface area contributed by atoms with Gasteiger partial charge in [0.1, 0.15) is 5.69 Å². The first-order valence-electron chi connectivity index (χ1n) is 7.55. The summed E-state index contributed by atoms with van der Waals surface area (Å²) in [5.41, 5.74) is 6.86. The number of aromatic amines is 1. The van der Waals surface area contributed by atoms with Crippen LogP contribution in [-0.4, -0.2) is 15.3 Å². The van der Waals surface area contributed by atoms with Crippen molar-refractivity contribution in [3.8, 4) is 0 Å². The van der Waals surface area contributed by atoms with E-state index in [1.807, 2.05) is 20.8 Å². The van der Waals surface area contributed by atoms with Crippen LogP contribution in [0.2, 0.25) is 0 Å². The van der Waals surface area contributed by atoms with E-state index in [9.17, 15) is 14.4 Å². The molecule has 0 saturated carbocycles. The van der Waals surface area contributed by atoms with E-state index >= 15 is 0 Å². The van der Waals surface area contributed by atoms with Gasteiger partial charge in [0.05, 0.1) is 0 Å². The van der Waals surface area contributed by atoms with Crippen molar-refractivity contribution in [1.29, 1.82) is 0 Å². The molecule has 0 spiro atoms. The van der Waals surface area contributed by atoms with E-state index in [1.54, 1.807) is 25.1 Å². The fourth-order valence-electron chi connectivity index (χ4n) is 2.75.